The number of anilines is 1. The molecule has 0 unspecified atom stereocenters. The minimum absolute atomic E-state index is 0.524. The van der Waals surface area contributed by atoms with Crippen LogP contribution in [0.3, 0.4) is 0 Å². The molecule has 0 aliphatic heterocycles. The lowest BCUT2D eigenvalue weighted by Gasteiger charge is -2.07. The maximum atomic E-state index is 5.87. The highest BCUT2D eigenvalue weighted by Crippen LogP contribution is 2.41. The van der Waals surface area contributed by atoms with Crippen molar-refractivity contribution in [2.75, 3.05) is 5.73 Å². The summed E-state index contributed by atoms with van der Waals surface area (Å²) in [6.07, 6.45) is 0. The molecule has 1 rings (SSSR count). The van der Waals surface area contributed by atoms with E-state index < -0.39 is 0 Å². The maximum Gasteiger partial charge on any atom is 0.388 e. The summed E-state index contributed by atoms with van der Waals surface area (Å²) in [7, 11) is 0. The highest BCUT2D eigenvalue weighted by molar-refractivity contribution is 14.1. The number of halogens is 1. The van der Waals surface area contributed by atoms with Crippen molar-refractivity contribution in [2.24, 2.45) is 4.99 Å². The summed E-state index contributed by atoms with van der Waals surface area (Å²) >= 11 is 2.23. The van der Waals surface area contributed by atoms with E-state index in [4.69, 9.17) is 12.3 Å². The average Bonchev–Trinajstić information content (AvgIpc) is 2.20. The van der Waals surface area contributed by atoms with Crippen molar-refractivity contribution in [1.29, 1.82) is 0 Å². The molecule has 0 saturated carbocycles. The van der Waals surface area contributed by atoms with Gasteiger partial charge in [0.1, 0.15) is 5.69 Å². The number of aliphatic imine (C=N–C) groups is 1. The first-order chi connectivity index (χ1) is 6.54. The Morgan fingerprint density at radius 3 is 2.43 bits per heavy atom. The van der Waals surface area contributed by atoms with Gasteiger partial charge in [0.2, 0.25) is 0 Å². The summed E-state index contributed by atoms with van der Waals surface area (Å²) in [6, 6.07) is 0. The third-order valence-electron chi connectivity index (χ3n) is 2.18. The van der Waals surface area contributed by atoms with Crippen LogP contribution in [-0.2, 0) is 0 Å². The number of nitrogen functional groups attached to an aromatic ring is 1. The van der Waals surface area contributed by atoms with Crippen LogP contribution in [0, 0.1) is 24.0 Å². The molecule has 72 valence electrons. The number of hydrogen-bond donors (Lipinski definition) is 1. The van der Waals surface area contributed by atoms with E-state index in [1.807, 2.05) is 13.8 Å². The number of nitrogens with zero attached hydrogens (tertiary/aromatic N) is 2. The van der Waals surface area contributed by atoms with Gasteiger partial charge in [-0.1, -0.05) is 0 Å². The molecular formula is C10H11IN3+. The Balaban J connectivity index is 3.76. The van der Waals surface area contributed by atoms with Crippen molar-refractivity contribution in [1.82, 2.24) is 0 Å². The molecule has 0 spiro atoms. The minimum Gasteiger partial charge on any atom is -0.392 e. The van der Waals surface area contributed by atoms with E-state index in [1.54, 1.807) is 0 Å². The van der Waals surface area contributed by atoms with E-state index in [-0.39, 0.29) is 0 Å². The zero-order chi connectivity index (χ0) is 10.9. The lowest BCUT2D eigenvalue weighted by atomic mass is 10.1. The van der Waals surface area contributed by atoms with Crippen molar-refractivity contribution in [2.45, 2.75) is 13.8 Å². The van der Waals surface area contributed by atoms with Gasteiger partial charge >= 0.3 is 5.69 Å². The first-order valence-corrected chi connectivity index (χ1v) is 5.08. The lowest BCUT2D eigenvalue weighted by Crippen LogP contribution is -1.96. The smallest absolute Gasteiger partial charge is 0.388 e. The van der Waals surface area contributed by atoms with Gasteiger partial charge in [0.25, 0.3) is 6.57 Å². The summed E-state index contributed by atoms with van der Waals surface area (Å²) in [4.78, 5) is 7.54. The summed E-state index contributed by atoms with van der Waals surface area (Å²) < 4.78 is 1.08. The van der Waals surface area contributed by atoms with Crippen molar-refractivity contribution in [3.8, 4) is 6.57 Å². The lowest BCUT2D eigenvalue weighted by molar-refractivity contribution is 1.32. The summed E-state index contributed by atoms with van der Waals surface area (Å²) in [5.74, 6) is 0. The van der Waals surface area contributed by atoms with Crippen LogP contribution in [0.1, 0.15) is 11.1 Å². The van der Waals surface area contributed by atoms with Gasteiger partial charge in [-0.2, -0.15) is 0 Å². The first kappa shape index (κ1) is 11.0. The molecule has 0 bridgehead atoms. The molecule has 0 fully saturated rings. The number of rotatable bonds is 1. The molecule has 0 amide bonds. The van der Waals surface area contributed by atoms with Gasteiger partial charge in [-0.25, -0.2) is 0 Å². The fourth-order valence-electron chi connectivity index (χ4n) is 1.31. The van der Waals surface area contributed by atoms with Crippen LogP contribution in [0.25, 0.3) is 4.85 Å². The van der Waals surface area contributed by atoms with Crippen molar-refractivity contribution < 1.29 is 0 Å². The Labute approximate surface area is 97.0 Å². The van der Waals surface area contributed by atoms with Gasteiger partial charge < -0.3 is 5.73 Å². The molecule has 0 radical (unpaired) electrons. The van der Waals surface area contributed by atoms with Gasteiger partial charge in [0.05, 0.1) is 0 Å². The predicted octanol–water partition coefficient (Wildman–Crippen LogP) is 3.42. The highest BCUT2D eigenvalue weighted by Gasteiger charge is 2.22. The normalized spacial score (nSPS) is 9.57. The maximum absolute atomic E-state index is 5.87. The molecular weight excluding hydrogens is 289 g/mol. The van der Waals surface area contributed by atoms with Crippen LogP contribution in [0.5, 0.6) is 0 Å². The molecule has 0 aliphatic carbocycles. The molecule has 0 saturated heterocycles. The van der Waals surface area contributed by atoms with Crippen LogP contribution < -0.4 is 5.73 Å². The number of hydrogen-bond acceptors (Lipinski definition) is 2. The second-order valence-electron chi connectivity index (χ2n) is 2.96. The van der Waals surface area contributed by atoms with E-state index >= 15 is 0 Å². The minimum atomic E-state index is 0.524. The van der Waals surface area contributed by atoms with E-state index in [1.165, 1.54) is 0 Å². The Morgan fingerprint density at radius 2 is 2.00 bits per heavy atom. The van der Waals surface area contributed by atoms with Crippen LogP contribution in [-0.4, -0.2) is 6.72 Å². The van der Waals surface area contributed by atoms with Crippen LogP contribution in [0.15, 0.2) is 4.99 Å². The SMILES string of the molecule is C#[N+]c1c(N)c(C)c(I)c(C)c1N=C. The van der Waals surface area contributed by atoms with Gasteiger partial charge in [0.15, 0.2) is 5.69 Å². The quantitative estimate of drug-likeness (QED) is 0.482. The second-order valence-corrected chi connectivity index (χ2v) is 4.04. The standard InChI is InChI=1S/C10H11IN3/c1-5-7(11)6(2)9(13-3)10(14-4)8(5)12/h4H,3,12H2,1-2H3/q+1. The Hall–Kier alpha value is -1.09. The number of nitrogens with two attached hydrogens (primary N) is 1. The molecule has 0 aliphatic rings. The zero-order valence-corrected chi connectivity index (χ0v) is 10.3. The number of benzene rings is 1. The third kappa shape index (κ3) is 1.48. The summed E-state index contributed by atoms with van der Waals surface area (Å²) in [5.41, 5.74) is 9.63. The molecule has 0 aromatic heterocycles. The Morgan fingerprint density at radius 1 is 1.43 bits per heavy atom. The molecule has 4 heteroatoms. The van der Waals surface area contributed by atoms with Gasteiger partial charge in [-0.15, -0.1) is 0 Å². The van der Waals surface area contributed by atoms with Crippen molar-refractivity contribution >= 4 is 46.4 Å². The summed E-state index contributed by atoms with van der Waals surface area (Å²) in [6.45, 7) is 12.6. The Kier molecular flexibility index (Phi) is 3.11. The van der Waals surface area contributed by atoms with E-state index in [0.29, 0.717) is 17.1 Å². The largest absolute Gasteiger partial charge is 0.392 e. The van der Waals surface area contributed by atoms with Crippen LogP contribution in [0.2, 0.25) is 0 Å². The van der Waals surface area contributed by atoms with Gasteiger partial charge in [0, 0.05) is 3.57 Å². The van der Waals surface area contributed by atoms with Crippen molar-refractivity contribution in [3.63, 3.8) is 0 Å². The highest BCUT2D eigenvalue weighted by atomic mass is 127. The monoisotopic (exact) mass is 300 g/mol. The fraction of sp³-hybridized carbons (Fsp3) is 0.200. The molecule has 1 aromatic carbocycles. The molecule has 14 heavy (non-hydrogen) atoms. The fourth-order valence-corrected chi connectivity index (χ4v) is 1.86. The Bertz CT molecular complexity index is 444. The molecule has 0 atom stereocenters. The van der Waals surface area contributed by atoms with E-state index in [9.17, 15) is 0 Å². The van der Waals surface area contributed by atoms with Crippen LogP contribution in [0.4, 0.5) is 17.1 Å². The topological polar surface area (TPSA) is 42.7 Å². The third-order valence-corrected chi connectivity index (χ3v) is 3.80. The van der Waals surface area contributed by atoms with E-state index in [0.717, 1.165) is 14.7 Å². The van der Waals surface area contributed by atoms with Crippen LogP contribution >= 0.6 is 22.6 Å². The van der Waals surface area contributed by atoms with Gasteiger partial charge in [-0.05, 0) is 59.1 Å². The van der Waals surface area contributed by atoms with Crippen molar-refractivity contribution in [3.05, 3.63) is 19.5 Å². The predicted molar refractivity (Wildman–Crippen MR) is 70.2 cm³/mol. The van der Waals surface area contributed by atoms with E-state index in [2.05, 4.69) is 39.1 Å². The molecule has 0 heterocycles. The first-order valence-electron chi connectivity index (χ1n) is 4.00. The molecule has 1 aromatic rings. The average molecular weight is 300 g/mol. The second kappa shape index (κ2) is 3.96. The molecule has 2 N–H and O–H groups in total. The van der Waals surface area contributed by atoms with Gasteiger partial charge in [-0.3, -0.25) is 4.99 Å². The molecule has 3 nitrogen and oxygen atoms in total. The zero-order valence-electron chi connectivity index (χ0n) is 8.13. The summed E-state index contributed by atoms with van der Waals surface area (Å²) in [5, 5.41) is 0.